The van der Waals surface area contributed by atoms with Gasteiger partial charge in [0.15, 0.2) is 5.71 Å². The van der Waals surface area contributed by atoms with E-state index < -0.39 is 5.97 Å². The summed E-state index contributed by atoms with van der Waals surface area (Å²) in [5.41, 5.74) is 6.93. The van der Waals surface area contributed by atoms with Crippen LogP contribution in [0.15, 0.2) is 72.5 Å². The van der Waals surface area contributed by atoms with Gasteiger partial charge in [-0.25, -0.2) is 0 Å². The molecule has 2 unspecified atom stereocenters. The van der Waals surface area contributed by atoms with Gasteiger partial charge in [-0.2, -0.15) is 4.58 Å². The number of carbonyl (C=O) groups is 1. The van der Waals surface area contributed by atoms with Crippen LogP contribution in [-0.2, 0) is 53.5 Å². The zero-order chi connectivity index (χ0) is 42.2. The van der Waals surface area contributed by atoms with E-state index in [1.165, 1.54) is 33.9 Å². The number of hydrogen-bond donors (Lipinski definition) is 1. The summed E-state index contributed by atoms with van der Waals surface area (Å²) in [5, 5.41) is 9.23. The molecule has 0 fully saturated rings. The molecule has 328 valence electrons. The summed E-state index contributed by atoms with van der Waals surface area (Å²) < 4.78 is 47.2. The van der Waals surface area contributed by atoms with Gasteiger partial charge in [-0.05, 0) is 64.2 Å². The molecule has 0 spiro atoms. The highest BCUT2D eigenvalue weighted by molar-refractivity contribution is 6.03. The Bertz CT molecular complexity index is 1630. The predicted octanol–water partition coefficient (Wildman–Crippen LogP) is 7.10. The molecule has 2 heterocycles. The molecule has 12 heteroatoms. The maximum absolute atomic E-state index is 11.2. The number of rotatable bonds is 33. The normalized spacial score (nSPS) is 19.4. The van der Waals surface area contributed by atoms with Crippen LogP contribution < -0.4 is 4.90 Å². The molecule has 0 bridgehead atoms. The van der Waals surface area contributed by atoms with Crippen molar-refractivity contribution in [1.29, 1.82) is 0 Å². The van der Waals surface area contributed by atoms with Gasteiger partial charge in [-0.15, -0.1) is 0 Å². The lowest BCUT2D eigenvalue weighted by atomic mass is 9.76. The number of hydrogen-bond acceptors (Lipinski definition) is 10. The second kappa shape index (κ2) is 26.7. The summed E-state index contributed by atoms with van der Waals surface area (Å²) in [5.74, 6) is -0.744. The average Bonchev–Trinajstić information content (AvgIpc) is 3.62. The van der Waals surface area contributed by atoms with Crippen LogP contribution in [0, 0.1) is 0 Å². The second-order valence-electron chi connectivity index (χ2n) is 15.3. The summed E-state index contributed by atoms with van der Waals surface area (Å²) in [7, 11) is 3.32. The molecule has 0 radical (unpaired) electrons. The third-order valence-corrected chi connectivity index (χ3v) is 11.2. The zero-order valence-electron chi connectivity index (χ0n) is 36.4. The molecule has 0 aliphatic carbocycles. The Hall–Kier alpha value is -3.46. The fourth-order valence-corrected chi connectivity index (χ4v) is 8.01. The maximum Gasteiger partial charge on any atom is 0.303 e. The number of benzene rings is 2. The van der Waals surface area contributed by atoms with Gasteiger partial charge in [0.05, 0.1) is 84.7 Å². The number of fused-ring (bicyclic) bond motifs is 2. The average molecular weight is 824 g/mol. The van der Waals surface area contributed by atoms with Gasteiger partial charge in [0, 0.05) is 74.9 Å². The molecule has 2 aromatic carbocycles. The van der Waals surface area contributed by atoms with E-state index in [9.17, 15) is 9.90 Å². The summed E-state index contributed by atoms with van der Waals surface area (Å²) in [6.07, 6.45) is 11.0. The lowest BCUT2D eigenvalue weighted by molar-refractivity contribution is -0.433. The van der Waals surface area contributed by atoms with Gasteiger partial charge in [0.2, 0.25) is 5.69 Å². The zero-order valence-corrected chi connectivity index (χ0v) is 36.4. The van der Waals surface area contributed by atoms with Gasteiger partial charge < -0.3 is 47.9 Å². The van der Waals surface area contributed by atoms with Crippen LogP contribution in [0.5, 0.6) is 0 Å². The lowest BCUT2D eigenvalue weighted by Crippen LogP contribution is -2.33. The Morgan fingerprint density at radius 1 is 0.661 bits per heavy atom. The quantitative estimate of drug-likeness (QED) is 0.0587. The van der Waals surface area contributed by atoms with E-state index in [4.69, 9.17) is 37.9 Å². The van der Waals surface area contributed by atoms with E-state index in [-0.39, 0.29) is 17.3 Å². The Balaban J connectivity index is 1.50. The van der Waals surface area contributed by atoms with Crippen LogP contribution in [-0.4, -0.2) is 141 Å². The van der Waals surface area contributed by atoms with Crippen LogP contribution in [0.25, 0.3) is 0 Å². The third-order valence-electron chi connectivity index (χ3n) is 11.2. The van der Waals surface area contributed by atoms with Gasteiger partial charge in [0.1, 0.15) is 6.54 Å². The predicted molar refractivity (Wildman–Crippen MR) is 232 cm³/mol. The highest BCUT2D eigenvalue weighted by Crippen LogP contribution is 2.50. The van der Waals surface area contributed by atoms with Gasteiger partial charge in [-0.3, -0.25) is 4.79 Å². The number of allylic oxidation sites excluding steroid dienone is 4. The van der Waals surface area contributed by atoms with Crippen LogP contribution in [0.4, 0.5) is 11.4 Å². The molecule has 1 N–H and O–H groups in total. The van der Waals surface area contributed by atoms with Crippen molar-refractivity contribution in [1.82, 2.24) is 0 Å². The smallest absolute Gasteiger partial charge is 0.303 e. The molecule has 2 aliphatic rings. The fourth-order valence-electron chi connectivity index (χ4n) is 8.01. The molecule has 0 saturated heterocycles. The Labute approximate surface area is 353 Å². The second-order valence-corrected chi connectivity index (χ2v) is 15.3. The summed E-state index contributed by atoms with van der Waals surface area (Å²) in [4.78, 5) is 13.7. The molecule has 2 aliphatic heterocycles. The minimum absolute atomic E-state index is 0.194. The maximum atomic E-state index is 11.2. The highest BCUT2D eigenvalue weighted by Gasteiger charge is 2.47. The fraction of sp³-hybridized carbons (Fsp3) is 0.617. The molecule has 0 amide bonds. The van der Waals surface area contributed by atoms with Gasteiger partial charge >= 0.3 is 5.97 Å². The Morgan fingerprint density at radius 3 is 1.73 bits per heavy atom. The SMILES string of the molecule is CC[N+]1=C(/C=C/C=C2/N(CCCCCC(=O)O)c3ccccc3C2(C)CCOCCOCCOCCOC)C(C)(CCOCCOCCOCCOC)c2ccccc21. The number of para-hydroxylation sites is 2. The molecular weight excluding hydrogens is 753 g/mol. The van der Waals surface area contributed by atoms with Crippen molar-refractivity contribution >= 4 is 23.1 Å². The molecule has 2 atom stereocenters. The van der Waals surface area contributed by atoms with Crippen molar-refractivity contribution in [3.63, 3.8) is 0 Å². The lowest BCUT2D eigenvalue weighted by Gasteiger charge is -2.30. The summed E-state index contributed by atoms with van der Waals surface area (Å²) in [6.45, 7) is 16.1. The van der Waals surface area contributed by atoms with E-state index in [2.05, 4.69) is 97.0 Å². The molecule has 59 heavy (non-hydrogen) atoms. The van der Waals surface area contributed by atoms with E-state index in [0.29, 0.717) is 98.9 Å². The van der Waals surface area contributed by atoms with Crippen molar-refractivity contribution < 1.29 is 52.4 Å². The summed E-state index contributed by atoms with van der Waals surface area (Å²) in [6, 6.07) is 17.4. The van der Waals surface area contributed by atoms with E-state index >= 15 is 0 Å². The van der Waals surface area contributed by atoms with Gasteiger partial charge in [-0.1, -0.05) is 48.9 Å². The number of unbranched alkanes of at least 4 members (excludes halogenated alkanes) is 2. The molecule has 2 aromatic rings. The van der Waals surface area contributed by atoms with E-state index in [0.717, 1.165) is 38.8 Å². The van der Waals surface area contributed by atoms with Crippen LogP contribution >= 0.6 is 0 Å². The largest absolute Gasteiger partial charge is 0.481 e. The first-order chi connectivity index (χ1) is 28.8. The number of ether oxygens (including phenoxy) is 8. The standard InChI is InChI=1S/C47H70N2O10/c1-6-48-41-17-11-9-15-39(41)46(2,22-25-54-31-33-58-37-35-56-29-27-52-4)43(48)19-14-20-44-47(3,23-26-55-32-34-59-38-36-57-30-28-53-5)40-16-10-12-18-42(40)49(44)24-13-7-8-21-45(50)51/h9-12,14-20H,6-8,13,21-38H2,1-5H3/p+1. The van der Waals surface area contributed by atoms with Gasteiger partial charge in [0.25, 0.3) is 0 Å². The first-order valence-corrected chi connectivity index (χ1v) is 21.5. The molecular formula is C47H71N2O10+. The highest BCUT2D eigenvalue weighted by atomic mass is 16.6. The number of carboxylic acids is 1. The first-order valence-electron chi connectivity index (χ1n) is 21.5. The number of nitrogens with zero attached hydrogens (tertiary/aromatic N) is 2. The third kappa shape index (κ3) is 14.3. The minimum Gasteiger partial charge on any atom is -0.481 e. The van der Waals surface area contributed by atoms with E-state index in [1.54, 1.807) is 14.2 Å². The Kier molecular flexibility index (Phi) is 21.8. The van der Waals surface area contributed by atoms with Crippen molar-refractivity contribution in [2.75, 3.05) is 125 Å². The van der Waals surface area contributed by atoms with Crippen molar-refractivity contribution in [3.8, 4) is 0 Å². The topological polar surface area (TPSA) is 117 Å². The molecule has 4 rings (SSSR count). The van der Waals surface area contributed by atoms with Crippen molar-refractivity contribution in [3.05, 3.63) is 83.6 Å². The van der Waals surface area contributed by atoms with Crippen LogP contribution in [0.3, 0.4) is 0 Å². The van der Waals surface area contributed by atoms with Crippen LogP contribution in [0.1, 0.15) is 70.4 Å². The van der Waals surface area contributed by atoms with E-state index in [1.807, 2.05) is 0 Å². The number of aliphatic carboxylic acids is 1. The number of methoxy groups -OCH3 is 2. The minimum atomic E-state index is -0.744. The molecule has 0 aromatic heterocycles. The number of carboxylic acid groups (broad SMARTS) is 1. The van der Waals surface area contributed by atoms with Crippen molar-refractivity contribution in [2.24, 2.45) is 0 Å². The van der Waals surface area contributed by atoms with Crippen LogP contribution in [0.2, 0.25) is 0 Å². The first kappa shape index (κ1) is 48.2. The number of anilines is 1. The summed E-state index contributed by atoms with van der Waals surface area (Å²) >= 11 is 0. The molecule has 0 saturated carbocycles. The van der Waals surface area contributed by atoms with Crippen molar-refractivity contribution in [2.45, 2.75) is 70.1 Å². The Morgan fingerprint density at radius 2 is 1.17 bits per heavy atom. The molecule has 12 nitrogen and oxygen atoms in total. The monoisotopic (exact) mass is 824 g/mol.